The normalized spacial score (nSPS) is 10.6. The minimum Gasteiger partial charge on any atom is -0.458 e. The van der Waals surface area contributed by atoms with Crippen molar-refractivity contribution in [3.05, 3.63) is 47.5 Å². The summed E-state index contributed by atoms with van der Waals surface area (Å²) in [5.74, 6) is 1.35. The van der Waals surface area contributed by atoms with Crippen molar-refractivity contribution in [2.24, 2.45) is 0 Å². The quantitative estimate of drug-likeness (QED) is 0.767. The van der Waals surface area contributed by atoms with Crippen LogP contribution in [-0.4, -0.2) is 25.0 Å². The Kier molecular flexibility index (Phi) is 4.66. The number of nitrogens with zero attached hydrogens (tertiary/aromatic N) is 2. The van der Waals surface area contributed by atoms with Gasteiger partial charge in [0.05, 0.1) is 6.54 Å². The molecule has 124 valence electrons. The van der Waals surface area contributed by atoms with Crippen LogP contribution in [0.25, 0.3) is 22.0 Å². The molecule has 24 heavy (non-hydrogen) atoms. The van der Waals surface area contributed by atoms with Crippen LogP contribution in [-0.2, 0) is 11.3 Å². The van der Waals surface area contributed by atoms with Crippen LogP contribution in [0.15, 0.2) is 46.2 Å². The molecule has 2 heterocycles. The van der Waals surface area contributed by atoms with E-state index in [2.05, 4.69) is 39.5 Å². The molecule has 0 radical (unpaired) electrons. The molecular weight excluding hydrogens is 322 g/mol. The van der Waals surface area contributed by atoms with Crippen molar-refractivity contribution in [1.82, 2.24) is 10.3 Å². The minimum absolute atomic E-state index is 0.0786. The zero-order valence-electron chi connectivity index (χ0n) is 13.9. The Balaban J connectivity index is 1.76. The molecule has 6 heteroatoms. The van der Waals surface area contributed by atoms with E-state index in [1.165, 1.54) is 6.92 Å². The van der Waals surface area contributed by atoms with Crippen molar-refractivity contribution in [2.75, 3.05) is 19.0 Å². The van der Waals surface area contributed by atoms with Crippen molar-refractivity contribution in [2.45, 2.75) is 13.5 Å². The van der Waals surface area contributed by atoms with Gasteiger partial charge in [-0.15, -0.1) is 11.3 Å². The number of hydrogen-bond acceptors (Lipinski definition) is 5. The summed E-state index contributed by atoms with van der Waals surface area (Å²) in [5, 5.41) is 5.65. The number of anilines is 1. The number of aromatic nitrogens is 1. The Morgan fingerprint density at radius 2 is 1.96 bits per heavy atom. The Morgan fingerprint density at radius 1 is 1.21 bits per heavy atom. The summed E-state index contributed by atoms with van der Waals surface area (Å²) in [6.07, 6.45) is 0. The lowest BCUT2D eigenvalue weighted by atomic mass is 10.2. The first kappa shape index (κ1) is 16.3. The SMILES string of the molecule is CC(=O)NCc1ccc(-c2csc(-c3ccc(N(C)C)cc3)n2)o1. The third kappa shape index (κ3) is 3.65. The summed E-state index contributed by atoms with van der Waals surface area (Å²) >= 11 is 1.58. The highest BCUT2D eigenvalue weighted by molar-refractivity contribution is 7.13. The molecule has 5 nitrogen and oxygen atoms in total. The molecule has 0 bridgehead atoms. The molecule has 1 aromatic carbocycles. The lowest BCUT2D eigenvalue weighted by molar-refractivity contribution is -0.119. The molecule has 0 saturated heterocycles. The Hall–Kier alpha value is -2.60. The van der Waals surface area contributed by atoms with Gasteiger partial charge < -0.3 is 14.6 Å². The van der Waals surface area contributed by atoms with E-state index in [0.29, 0.717) is 18.1 Å². The summed E-state index contributed by atoms with van der Waals surface area (Å²) < 4.78 is 5.74. The van der Waals surface area contributed by atoms with Crippen LogP contribution in [0.2, 0.25) is 0 Å². The molecule has 3 aromatic rings. The number of hydrogen-bond donors (Lipinski definition) is 1. The number of nitrogens with one attached hydrogen (secondary N) is 1. The third-order valence-electron chi connectivity index (χ3n) is 3.56. The lowest BCUT2D eigenvalue weighted by Crippen LogP contribution is -2.18. The van der Waals surface area contributed by atoms with E-state index in [0.717, 1.165) is 22.0 Å². The maximum absolute atomic E-state index is 11.0. The fraction of sp³-hybridized carbons (Fsp3) is 0.222. The Bertz CT molecular complexity index is 834. The van der Waals surface area contributed by atoms with Crippen LogP contribution in [0.5, 0.6) is 0 Å². The predicted octanol–water partition coefficient (Wildman–Crippen LogP) is 3.77. The molecule has 0 fully saturated rings. The second-order valence-corrected chi connectivity index (χ2v) is 6.51. The van der Waals surface area contributed by atoms with Gasteiger partial charge in [-0.1, -0.05) is 0 Å². The highest BCUT2D eigenvalue weighted by atomic mass is 32.1. The first-order valence-electron chi connectivity index (χ1n) is 7.60. The number of benzene rings is 1. The van der Waals surface area contributed by atoms with E-state index in [-0.39, 0.29) is 5.91 Å². The number of furan rings is 1. The van der Waals surface area contributed by atoms with Crippen molar-refractivity contribution >= 4 is 22.9 Å². The molecule has 3 rings (SSSR count). The Morgan fingerprint density at radius 3 is 2.62 bits per heavy atom. The van der Waals surface area contributed by atoms with Crippen molar-refractivity contribution < 1.29 is 9.21 Å². The van der Waals surface area contributed by atoms with Crippen LogP contribution in [0.3, 0.4) is 0 Å². The monoisotopic (exact) mass is 341 g/mol. The largest absolute Gasteiger partial charge is 0.458 e. The molecule has 0 spiro atoms. The van der Waals surface area contributed by atoms with Gasteiger partial charge in [-0.2, -0.15) is 0 Å². The topological polar surface area (TPSA) is 58.4 Å². The lowest BCUT2D eigenvalue weighted by Gasteiger charge is -2.11. The average Bonchev–Trinajstić information content (AvgIpc) is 3.22. The number of carbonyl (C=O) groups excluding carboxylic acids is 1. The maximum Gasteiger partial charge on any atom is 0.217 e. The summed E-state index contributed by atoms with van der Waals surface area (Å²) in [6.45, 7) is 1.87. The van der Waals surface area contributed by atoms with E-state index < -0.39 is 0 Å². The van der Waals surface area contributed by atoms with E-state index >= 15 is 0 Å². The highest BCUT2D eigenvalue weighted by Gasteiger charge is 2.11. The maximum atomic E-state index is 11.0. The van der Waals surface area contributed by atoms with Gasteiger partial charge in [0.25, 0.3) is 0 Å². The predicted molar refractivity (Wildman–Crippen MR) is 97.1 cm³/mol. The molecule has 0 saturated carbocycles. The van der Waals surface area contributed by atoms with E-state index in [9.17, 15) is 4.79 Å². The zero-order valence-corrected chi connectivity index (χ0v) is 14.7. The molecule has 0 aliphatic heterocycles. The van der Waals surface area contributed by atoms with Gasteiger partial charge in [0.15, 0.2) is 5.76 Å². The molecule has 1 amide bonds. The zero-order chi connectivity index (χ0) is 17.1. The fourth-order valence-corrected chi connectivity index (χ4v) is 3.06. The van der Waals surface area contributed by atoms with Crippen molar-refractivity contribution in [3.63, 3.8) is 0 Å². The third-order valence-corrected chi connectivity index (χ3v) is 4.45. The van der Waals surface area contributed by atoms with Crippen molar-refractivity contribution in [1.29, 1.82) is 0 Å². The van der Waals surface area contributed by atoms with Crippen LogP contribution >= 0.6 is 11.3 Å². The van der Waals surface area contributed by atoms with Gasteiger partial charge in [-0.3, -0.25) is 4.79 Å². The number of carbonyl (C=O) groups is 1. The molecule has 2 aromatic heterocycles. The second kappa shape index (κ2) is 6.88. The second-order valence-electron chi connectivity index (χ2n) is 5.65. The minimum atomic E-state index is -0.0786. The molecule has 1 N–H and O–H groups in total. The first-order chi connectivity index (χ1) is 11.5. The average molecular weight is 341 g/mol. The van der Waals surface area contributed by atoms with E-state index in [1.807, 2.05) is 31.6 Å². The molecule has 0 aliphatic carbocycles. The highest BCUT2D eigenvalue weighted by Crippen LogP contribution is 2.30. The van der Waals surface area contributed by atoms with E-state index in [4.69, 9.17) is 4.42 Å². The summed E-state index contributed by atoms with van der Waals surface area (Å²) in [4.78, 5) is 17.7. The van der Waals surface area contributed by atoms with Gasteiger partial charge in [-0.25, -0.2) is 4.98 Å². The van der Waals surface area contributed by atoms with Crippen LogP contribution in [0.1, 0.15) is 12.7 Å². The van der Waals surface area contributed by atoms with Gasteiger partial charge >= 0.3 is 0 Å². The van der Waals surface area contributed by atoms with Gasteiger partial charge in [0.1, 0.15) is 16.5 Å². The summed E-state index contributed by atoms with van der Waals surface area (Å²) in [7, 11) is 4.04. The Labute approximate surface area is 144 Å². The standard InChI is InChI=1S/C18H19N3O2S/c1-12(22)19-10-15-8-9-17(23-15)16-11-24-18(20-16)13-4-6-14(7-5-13)21(2)3/h4-9,11H,10H2,1-3H3,(H,19,22). The van der Waals surface area contributed by atoms with Crippen LogP contribution < -0.4 is 10.2 Å². The molecule has 0 atom stereocenters. The molecule has 0 unspecified atom stereocenters. The van der Waals surface area contributed by atoms with Crippen LogP contribution in [0.4, 0.5) is 5.69 Å². The van der Waals surface area contributed by atoms with Crippen LogP contribution in [0, 0.1) is 0 Å². The number of rotatable bonds is 5. The van der Waals surface area contributed by atoms with Gasteiger partial charge in [-0.05, 0) is 36.4 Å². The fourth-order valence-electron chi connectivity index (χ4n) is 2.24. The molecular formula is C18H19N3O2S. The van der Waals surface area contributed by atoms with Gasteiger partial charge in [0.2, 0.25) is 5.91 Å². The first-order valence-corrected chi connectivity index (χ1v) is 8.47. The van der Waals surface area contributed by atoms with Gasteiger partial charge in [0, 0.05) is 37.6 Å². The summed E-state index contributed by atoms with van der Waals surface area (Å²) in [5.41, 5.74) is 3.05. The number of thiazole rings is 1. The summed E-state index contributed by atoms with van der Waals surface area (Å²) in [6, 6.07) is 12.0. The van der Waals surface area contributed by atoms with E-state index in [1.54, 1.807) is 11.3 Å². The molecule has 0 aliphatic rings. The van der Waals surface area contributed by atoms with Crippen molar-refractivity contribution in [3.8, 4) is 22.0 Å². The smallest absolute Gasteiger partial charge is 0.217 e. The number of amides is 1.